The number of aromatic amines is 1. The van der Waals surface area contributed by atoms with Crippen molar-refractivity contribution in [2.75, 3.05) is 0 Å². The Balaban J connectivity index is 1.90. The molecule has 1 aromatic heterocycles. The van der Waals surface area contributed by atoms with E-state index in [1.54, 1.807) is 24.3 Å². The Bertz CT molecular complexity index is 711. The van der Waals surface area contributed by atoms with E-state index in [2.05, 4.69) is 25.8 Å². The highest BCUT2D eigenvalue weighted by Gasteiger charge is 2.23. The molecule has 2 unspecified atom stereocenters. The third kappa shape index (κ3) is 5.41. The molecular weight excluding hydrogens is 318 g/mol. The van der Waals surface area contributed by atoms with Crippen LogP contribution in [0.3, 0.4) is 0 Å². The Morgan fingerprint density at radius 3 is 2.36 bits per heavy atom. The largest absolute Gasteiger partial charge is 0.349 e. The first kappa shape index (κ1) is 18.6. The molecule has 25 heavy (non-hydrogen) atoms. The first-order chi connectivity index (χ1) is 11.9. The lowest BCUT2D eigenvalue weighted by atomic mass is 10.0. The number of H-pyrrole nitrogens is 1. The number of hydrogen-bond donors (Lipinski definition) is 3. The smallest absolute Gasteiger partial charge is 0.251 e. The first-order valence-electron chi connectivity index (χ1n) is 8.41. The molecule has 0 saturated heterocycles. The monoisotopic (exact) mass is 343 g/mol. The van der Waals surface area contributed by atoms with Crippen molar-refractivity contribution in [1.29, 1.82) is 0 Å². The fourth-order valence-electron chi connectivity index (χ4n) is 2.49. The van der Waals surface area contributed by atoms with Gasteiger partial charge < -0.3 is 10.6 Å². The van der Waals surface area contributed by atoms with Gasteiger partial charge in [0.1, 0.15) is 5.82 Å². The zero-order valence-corrected chi connectivity index (χ0v) is 15.0. The van der Waals surface area contributed by atoms with E-state index in [4.69, 9.17) is 0 Å². The Kier molecular flexibility index (Phi) is 6.27. The summed E-state index contributed by atoms with van der Waals surface area (Å²) in [6.07, 6.45) is 0.186. The van der Waals surface area contributed by atoms with Gasteiger partial charge >= 0.3 is 0 Å². The maximum atomic E-state index is 12.3. The maximum Gasteiger partial charge on any atom is 0.251 e. The number of hydrogen-bond acceptors (Lipinski definition) is 4. The number of rotatable bonds is 7. The molecule has 0 aliphatic heterocycles. The average Bonchev–Trinajstić information content (AvgIpc) is 2.99. The summed E-state index contributed by atoms with van der Waals surface area (Å²) in [5.74, 6) is 1.08. The predicted molar refractivity (Wildman–Crippen MR) is 94.8 cm³/mol. The highest BCUT2D eigenvalue weighted by atomic mass is 16.2. The van der Waals surface area contributed by atoms with Gasteiger partial charge in [0.2, 0.25) is 5.91 Å². The van der Waals surface area contributed by atoms with Crippen molar-refractivity contribution >= 4 is 11.8 Å². The van der Waals surface area contributed by atoms with E-state index in [0.29, 0.717) is 17.2 Å². The Labute approximate surface area is 147 Å². The minimum absolute atomic E-state index is 0.147. The van der Waals surface area contributed by atoms with E-state index >= 15 is 0 Å². The van der Waals surface area contributed by atoms with Crippen LogP contribution < -0.4 is 10.6 Å². The first-order valence-corrected chi connectivity index (χ1v) is 8.41. The normalized spacial score (nSPS) is 13.3. The molecule has 2 rings (SSSR count). The van der Waals surface area contributed by atoms with E-state index in [0.717, 1.165) is 0 Å². The third-order valence-electron chi connectivity index (χ3n) is 3.78. The summed E-state index contributed by atoms with van der Waals surface area (Å²) in [7, 11) is 0. The quantitative estimate of drug-likeness (QED) is 0.717. The molecule has 1 heterocycles. The highest BCUT2D eigenvalue weighted by molar-refractivity contribution is 5.94. The molecule has 7 heteroatoms. The van der Waals surface area contributed by atoms with Crippen molar-refractivity contribution in [2.24, 2.45) is 5.92 Å². The minimum Gasteiger partial charge on any atom is -0.349 e. The number of nitrogens with one attached hydrogen (secondary N) is 3. The molecule has 3 N–H and O–H groups in total. The summed E-state index contributed by atoms with van der Waals surface area (Å²) in [6.45, 7) is 7.62. The second-order valence-electron chi connectivity index (χ2n) is 6.51. The van der Waals surface area contributed by atoms with Crippen molar-refractivity contribution < 1.29 is 9.59 Å². The van der Waals surface area contributed by atoms with Gasteiger partial charge in [-0.15, -0.1) is 0 Å². The van der Waals surface area contributed by atoms with Gasteiger partial charge in [0.05, 0.1) is 6.04 Å². The summed E-state index contributed by atoms with van der Waals surface area (Å²) < 4.78 is 0. The number of carbonyl (C=O) groups is 2. The van der Waals surface area contributed by atoms with Crippen LogP contribution in [0.15, 0.2) is 30.3 Å². The third-order valence-corrected chi connectivity index (χ3v) is 3.78. The molecule has 1 aromatic carbocycles. The Morgan fingerprint density at radius 1 is 1.12 bits per heavy atom. The van der Waals surface area contributed by atoms with Crippen molar-refractivity contribution in [3.8, 4) is 0 Å². The zero-order valence-electron chi connectivity index (χ0n) is 15.0. The predicted octanol–water partition coefficient (Wildman–Crippen LogP) is 2.14. The molecule has 2 atom stereocenters. The van der Waals surface area contributed by atoms with Gasteiger partial charge in [0.15, 0.2) is 5.82 Å². The van der Waals surface area contributed by atoms with Gasteiger partial charge in [0.25, 0.3) is 5.91 Å². The summed E-state index contributed by atoms with van der Waals surface area (Å²) in [4.78, 5) is 28.8. The molecule has 0 aliphatic rings. The molecule has 7 nitrogen and oxygen atoms in total. The Morgan fingerprint density at radius 2 is 1.80 bits per heavy atom. The van der Waals surface area contributed by atoms with E-state index < -0.39 is 0 Å². The fraction of sp³-hybridized carbons (Fsp3) is 0.444. The molecule has 0 fully saturated rings. The van der Waals surface area contributed by atoms with Gasteiger partial charge in [-0.1, -0.05) is 32.0 Å². The Hall–Kier alpha value is -2.70. The van der Waals surface area contributed by atoms with Crippen LogP contribution in [0, 0.1) is 12.8 Å². The number of benzene rings is 1. The van der Waals surface area contributed by atoms with Gasteiger partial charge in [-0.25, -0.2) is 4.98 Å². The van der Waals surface area contributed by atoms with Gasteiger partial charge in [-0.2, -0.15) is 5.10 Å². The molecule has 2 amide bonds. The number of carbonyl (C=O) groups excluding carboxylic acids is 2. The molecule has 0 radical (unpaired) electrons. The molecule has 134 valence electrons. The van der Waals surface area contributed by atoms with Gasteiger partial charge in [0, 0.05) is 18.0 Å². The van der Waals surface area contributed by atoms with Crippen molar-refractivity contribution in [1.82, 2.24) is 25.8 Å². The van der Waals surface area contributed by atoms with Crippen molar-refractivity contribution in [3.05, 3.63) is 47.5 Å². The van der Waals surface area contributed by atoms with E-state index in [9.17, 15) is 9.59 Å². The van der Waals surface area contributed by atoms with Gasteiger partial charge in [-0.05, 0) is 31.9 Å². The minimum atomic E-state index is -0.283. The second-order valence-corrected chi connectivity index (χ2v) is 6.51. The van der Waals surface area contributed by atoms with Crippen LogP contribution in [-0.2, 0) is 4.79 Å². The van der Waals surface area contributed by atoms with Crippen LogP contribution in [0.1, 0.15) is 55.2 Å². The number of aromatic nitrogens is 3. The summed E-state index contributed by atoms with van der Waals surface area (Å²) in [6, 6.07) is 8.38. The summed E-state index contributed by atoms with van der Waals surface area (Å²) in [5, 5.41) is 12.7. The van der Waals surface area contributed by atoms with Crippen LogP contribution in [0.5, 0.6) is 0 Å². The van der Waals surface area contributed by atoms with Crippen LogP contribution in [0.4, 0.5) is 0 Å². The summed E-state index contributed by atoms with van der Waals surface area (Å²) in [5.41, 5.74) is 0.575. The zero-order chi connectivity index (χ0) is 18.4. The van der Waals surface area contributed by atoms with Crippen LogP contribution in [0.2, 0.25) is 0 Å². The van der Waals surface area contributed by atoms with E-state index in [1.165, 1.54) is 0 Å². The SMILES string of the molecule is Cc1nc(C(NC(=O)CC(C)NC(=O)c2ccccc2)C(C)C)n[nH]1. The number of aryl methyl sites for hydroxylation is 1. The molecule has 2 aromatic rings. The molecule has 0 saturated carbocycles. The summed E-state index contributed by atoms with van der Waals surface area (Å²) >= 11 is 0. The second kappa shape index (κ2) is 8.41. The van der Waals surface area contributed by atoms with Crippen LogP contribution in [-0.4, -0.2) is 33.0 Å². The lowest BCUT2D eigenvalue weighted by molar-refractivity contribution is -0.122. The lowest BCUT2D eigenvalue weighted by Gasteiger charge is -2.21. The maximum absolute atomic E-state index is 12.3. The highest BCUT2D eigenvalue weighted by Crippen LogP contribution is 2.18. The van der Waals surface area contributed by atoms with Crippen LogP contribution in [0.25, 0.3) is 0 Å². The molecular formula is C18H25N5O2. The number of nitrogens with zero attached hydrogens (tertiary/aromatic N) is 2. The van der Waals surface area contributed by atoms with E-state index in [-0.39, 0.29) is 36.2 Å². The topological polar surface area (TPSA) is 99.8 Å². The molecule has 0 aliphatic carbocycles. The van der Waals surface area contributed by atoms with Gasteiger partial charge in [-0.3, -0.25) is 14.7 Å². The van der Waals surface area contributed by atoms with Crippen molar-refractivity contribution in [2.45, 2.75) is 46.2 Å². The fourth-order valence-corrected chi connectivity index (χ4v) is 2.49. The number of amides is 2. The van der Waals surface area contributed by atoms with E-state index in [1.807, 2.05) is 33.8 Å². The molecule has 0 spiro atoms. The lowest BCUT2D eigenvalue weighted by Crippen LogP contribution is -2.39. The standard InChI is InChI=1S/C18H25N5O2/c1-11(2)16(17-20-13(4)22-23-17)21-15(24)10-12(3)19-18(25)14-8-6-5-7-9-14/h5-9,11-12,16H,10H2,1-4H3,(H,19,25)(H,21,24)(H,20,22,23). The molecule has 0 bridgehead atoms. The van der Waals surface area contributed by atoms with Crippen LogP contribution >= 0.6 is 0 Å². The average molecular weight is 343 g/mol. The van der Waals surface area contributed by atoms with Crippen molar-refractivity contribution in [3.63, 3.8) is 0 Å².